The molecule has 0 aliphatic carbocycles. The highest BCUT2D eigenvalue weighted by molar-refractivity contribution is 7.92. The Morgan fingerprint density at radius 1 is 1.19 bits per heavy atom. The van der Waals surface area contributed by atoms with Crippen molar-refractivity contribution in [3.05, 3.63) is 18.3 Å². The van der Waals surface area contributed by atoms with E-state index < -0.39 is 20.0 Å². The highest BCUT2D eigenvalue weighted by Crippen LogP contribution is 2.22. The van der Waals surface area contributed by atoms with Crippen LogP contribution in [0.25, 0.3) is 0 Å². The summed E-state index contributed by atoms with van der Waals surface area (Å²) in [6, 6.07) is 3.29. The van der Waals surface area contributed by atoms with Crippen LogP contribution in [0.3, 0.4) is 0 Å². The fourth-order valence-corrected chi connectivity index (χ4v) is 5.33. The Balaban J connectivity index is 1.91. The lowest BCUT2D eigenvalue weighted by atomic mass is 10.1. The van der Waals surface area contributed by atoms with Gasteiger partial charge in [0.1, 0.15) is 6.10 Å². The smallest absolute Gasteiger partial charge is 0.234 e. The van der Waals surface area contributed by atoms with E-state index in [0.717, 1.165) is 6.42 Å². The zero-order valence-electron chi connectivity index (χ0n) is 16.2. The molecule has 8 nitrogen and oxygen atoms in total. The van der Waals surface area contributed by atoms with E-state index in [1.165, 1.54) is 17.5 Å². The first-order chi connectivity index (χ1) is 12.7. The van der Waals surface area contributed by atoms with Crippen LogP contribution >= 0.6 is 0 Å². The summed E-state index contributed by atoms with van der Waals surface area (Å²) in [6.07, 6.45) is 4.12. The third kappa shape index (κ3) is 5.79. The molecule has 154 valence electrons. The number of hydrogen-bond acceptors (Lipinski definition) is 6. The third-order valence-electron chi connectivity index (χ3n) is 4.70. The first kappa shape index (κ1) is 21.9. The minimum absolute atomic E-state index is 0.0154. The Labute approximate surface area is 162 Å². The number of rotatable bonds is 9. The zero-order valence-corrected chi connectivity index (χ0v) is 17.8. The number of ether oxygens (including phenoxy) is 1. The predicted molar refractivity (Wildman–Crippen MR) is 106 cm³/mol. The molecule has 0 radical (unpaired) electrons. The Bertz CT molecular complexity index is 801. The number of nitrogens with zero attached hydrogens (tertiary/aromatic N) is 3. The molecule has 1 aliphatic rings. The van der Waals surface area contributed by atoms with Gasteiger partial charge < -0.3 is 4.74 Å². The van der Waals surface area contributed by atoms with Crippen LogP contribution in [-0.2, 0) is 20.0 Å². The molecule has 0 N–H and O–H groups in total. The molecule has 10 heteroatoms. The molecular weight excluding hydrogens is 390 g/mol. The van der Waals surface area contributed by atoms with Crippen molar-refractivity contribution < 1.29 is 21.6 Å². The predicted octanol–water partition coefficient (Wildman–Crippen LogP) is 1.84. The minimum atomic E-state index is -3.33. The molecule has 0 bridgehead atoms. The average molecular weight is 420 g/mol. The summed E-state index contributed by atoms with van der Waals surface area (Å²) in [7, 11) is -5.01. The second-order valence-electron chi connectivity index (χ2n) is 6.61. The van der Waals surface area contributed by atoms with Crippen molar-refractivity contribution in [2.24, 2.45) is 0 Å². The van der Waals surface area contributed by atoms with Crippen LogP contribution in [0.5, 0.6) is 5.88 Å². The first-order valence-electron chi connectivity index (χ1n) is 9.26. The number of anilines is 1. The van der Waals surface area contributed by atoms with Crippen molar-refractivity contribution in [1.82, 2.24) is 9.29 Å². The van der Waals surface area contributed by atoms with Gasteiger partial charge >= 0.3 is 0 Å². The fourth-order valence-electron chi connectivity index (χ4n) is 2.84. The molecule has 1 saturated heterocycles. The Morgan fingerprint density at radius 3 is 2.37 bits per heavy atom. The Hall–Kier alpha value is -1.39. The molecule has 0 unspecified atom stereocenters. The van der Waals surface area contributed by atoms with Gasteiger partial charge in [0.25, 0.3) is 0 Å². The van der Waals surface area contributed by atoms with Crippen LogP contribution in [0.2, 0.25) is 0 Å². The van der Waals surface area contributed by atoms with Gasteiger partial charge in [0.05, 0.1) is 23.4 Å². The largest absolute Gasteiger partial charge is 0.474 e. The molecule has 0 saturated carbocycles. The lowest BCUT2D eigenvalue weighted by Gasteiger charge is -2.31. The average Bonchev–Trinajstić information content (AvgIpc) is 2.67. The molecule has 0 amide bonds. The quantitative estimate of drug-likeness (QED) is 0.606. The van der Waals surface area contributed by atoms with Crippen LogP contribution in [0.4, 0.5) is 5.69 Å². The molecule has 0 atom stereocenters. The molecule has 1 aromatic heterocycles. The van der Waals surface area contributed by atoms with Crippen LogP contribution < -0.4 is 9.04 Å². The third-order valence-corrected chi connectivity index (χ3v) is 8.44. The number of piperidine rings is 1. The summed E-state index contributed by atoms with van der Waals surface area (Å²) in [4.78, 5) is 4.19. The molecular formula is C17H29N3O5S2. The van der Waals surface area contributed by atoms with Crippen molar-refractivity contribution in [3.63, 3.8) is 0 Å². The van der Waals surface area contributed by atoms with E-state index in [1.54, 1.807) is 23.4 Å². The van der Waals surface area contributed by atoms with E-state index in [4.69, 9.17) is 4.74 Å². The van der Waals surface area contributed by atoms with Gasteiger partial charge in [0.15, 0.2) is 0 Å². The standard InChI is InChI=1S/C17H29N3O5S2/c1-4-6-13-27(23,24)20-11-9-16(10-12-20)25-17-8-7-15(14-18-17)19(3)26(21,22)5-2/h7-8,14,16H,4-6,9-13H2,1-3H3. The van der Waals surface area contributed by atoms with Gasteiger partial charge in [-0.3, -0.25) is 4.31 Å². The van der Waals surface area contributed by atoms with Crippen molar-refractivity contribution in [2.75, 3.05) is 35.9 Å². The van der Waals surface area contributed by atoms with Gasteiger partial charge in [-0.1, -0.05) is 13.3 Å². The Kier molecular flexibility index (Phi) is 7.47. The van der Waals surface area contributed by atoms with E-state index in [2.05, 4.69) is 4.98 Å². The minimum Gasteiger partial charge on any atom is -0.474 e. The molecule has 1 fully saturated rings. The summed E-state index contributed by atoms with van der Waals surface area (Å²) in [5.74, 6) is 0.626. The van der Waals surface area contributed by atoms with Crippen molar-refractivity contribution in [3.8, 4) is 5.88 Å². The van der Waals surface area contributed by atoms with E-state index in [0.29, 0.717) is 43.9 Å². The van der Waals surface area contributed by atoms with E-state index >= 15 is 0 Å². The molecule has 0 aromatic carbocycles. The second-order valence-corrected chi connectivity index (χ2v) is 11.0. The van der Waals surface area contributed by atoms with Gasteiger partial charge in [-0.05, 0) is 32.3 Å². The lowest BCUT2D eigenvalue weighted by Crippen LogP contribution is -2.42. The number of hydrogen-bond donors (Lipinski definition) is 0. The zero-order chi connectivity index (χ0) is 20.1. The van der Waals surface area contributed by atoms with Crippen molar-refractivity contribution >= 4 is 25.7 Å². The number of aromatic nitrogens is 1. The highest BCUT2D eigenvalue weighted by Gasteiger charge is 2.28. The summed E-state index contributed by atoms with van der Waals surface area (Å²) >= 11 is 0. The molecule has 0 spiro atoms. The Morgan fingerprint density at radius 2 is 1.85 bits per heavy atom. The van der Waals surface area contributed by atoms with Gasteiger partial charge in [0, 0.05) is 26.2 Å². The van der Waals surface area contributed by atoms with Crippen molar-refractivity contribution in [1.29, 1.82) is 0 Å². The number of sulfonamides is 2. The maximum atomic E-state index is 12.2. The lowest BCUT2D eigenvalue weighted by molar-refractivity contribution is 0.130. The summed E-state index contributed by atoms with van der Waals surface area (Å²) in [5, 5.41) is 0. The normalized spacial score (nSPS) is 17.0. The first-order valence-corrected chi connectivity index (χ1v) is 12.5. The van der Waals surface area contributed by atoms with Crippen LogP contribution in [0.15, 0.2) is 18.3 Å². The summed E-state index contributed by atoms with van der Waals surface area (Å²) < 4.78 is 56.8. The van der Waals surface area contributed by atoms with Gasteiger partial charge in [-0.25, -0.2) is 26.1 Å². The van der Waals surface area contributed by atoms with E-state index in [1.807, 2.05) is 6.92 Å². The molecule has 1 aliphatic heterocycles. The second kappa shape index (κ2) is 9.20. The van der Waals surface area contributed by atoms with Crippen molar-refractivity contribution in [2.45, 2.75) is 45.6 Å². The highest BCUT2D eigenvalue weighted by atomic mass is 32.2. The maximum Gasteiger partial charge on any atom is 0.234 e. The summed E-state index contributed by atoms with van der Waals surface area (Å²) in [6.45, 7) is 4.47. The molecule has 2 heterocycles. The monoisotopic (exact) mass is 419 g/mol. The number of unbranched alkanes of at least 4 members (excludes halogenated alkanes) is 1. The molecule has 1 aromatic rings. The van der Waals surface area contributed by atoms with E-state index in [9.17, 15) is 16.8 Å². The summed E-state index contributed by atoms with van der Waals surface area (Å²) in [5.41, 5.74) is 0.473. The van der Waals surface area contributed by atoms with Gasteiger partial charge in [-0.2, -0.15) is 0 Å². The topological polar surface area (TPSA) is 96.9 Å². The molecule has 27 heavy (non-hydrogen) atoms. The fraction of sp³-hybridized carbons (Fsp3) is 0.706. The maximum absolute atomic E-state index is 12.2. The van der Waals surface area contributed by atoms with Gasteiger partial charge in [-0.15, -0.1) is 0 Å². The van der Waals surface area contributed by atoms with Crippen LogP contribution in [-0.4, -0.2) is 63.9 Å². The van der Waals surface area contributed by atoms with Crippen LogP contribution in [0, 0.1) is 0 Å². The SMILES string of the molecule is CCCCS(=O)(=O)N1CCC(Oc2ccc(N(C)S(=O)(=O)CC)cn2)CC1. The van der Waals surface area contributed by atoms with Crippen LogP contribution in [0.1, 0.15) is 39.5 Å². The number of pyridine rings is 1. The van der Waals surface area contributed by atoms with Gasteiger partial charge in [0.2, 0.25) is 25.9 Å². The van der Waals surface area contributed by atoms with E-state index in [-0.39, 0.29) is 17.6 Å². The molecule has 2 rings (SSSR count).